The van der Waals surface area contributed by atoms with E-state index in [9.17, 15) is 4.79 Å². The van der Waals surface area contributed by atoms with E-state index in [0.717, 1.165) is 5.56 Å². The van der Waals surface area contributed by atoms with Crippen molar-refractivity contribution in [2.75, 3.05) is 12.4 Å². The van der Waals surface area contributed by atoms with Crippen LogP contribution in [-0.4, -0.2) is 28.5 Å². The number of aromatic carboxylic acids is 1. The summed E-state index contributed by atoms with van der Waals surface area (Å²) < 4.78 is 0. The maximum absolute atomic E-state index is 10.8. The molecule has 0 unspecified atom stereocenters. The van der Waals surface area contributed by atoms with Gasteiger partial charge in [0.2, 0.25) is 0 Å². The lowest BCUT2D eigenvalue weighted by atomic mass is 10.1. The highest BCUT2D eigenvalue weighted by Crippen LogP contribution is 2.23. The number of rotatable bonds is 4. The van der Waals surface area contributed by atoms with Crippen LogP contribution in [0.4, 0.5) is 0 Å². The highest BCUT2D eigenvalue weighted by molar-refractivity contribution is 7.99. The van der Waals surface area contributed by atoms with Crippen molar-refractivity contribution >= 4 is 17.7 Å². The molecule has 1 aromatic rings. The third-order valence-electron chi connectivity index (χ3n) is 1.72. The molecule has 2 N–H and O–H groups in total. The van der Waals surface area contributed by atoms with Gasteiger partial charge in [0, 0.05) is 10.6 Å². The average molecular weight is 212 g/mol. The Labute approximate surface area is 86.8 Å². The van der Waals surface area contributed by atoms with Gasteiger partial charge in [0.15, 0.2) is 0 Å². The van der Waals surface area contributed by atoms with Gasteiger partial charge in [-0.25, -0.2) is 4.79 Å². The molecule has 14 heavy (non-hydrogen) atoms. The molecule has 76 valence electrons. The van der Waals surface area contributed by atoms with E-state index in [1.165, 1.54) is 11.8 Å². The van der Waals surface area contributed by atoms with Gasteiger partial charge in [-0.15, -0.1) is 11.8 Å². The fourth-order valence-electron chi connectivity index (χ4n) is 1.08. The molecule has 0 aromatic heterocycles. The topological polar surface area (TPSA) is 57.5 Å². The molecule has 4 heteroatoms. The van der Waals surface area contributed by atoms with Gasteiger partial charge >= 0.3 is 5.97 Å². The van der Waals surface area contributed by atoms with E-state index >= 15 is 0 Å². The molecule has 1 rings (SSSR count). The molecule has 0 amide bonds. The number of aryl methyl sites for hydroxylation is 1. The van der Waals surface area contributed by atoms with Crippen molar-refractivity contribution in [3.05, 3.63) is 29.3 Å². The highest BCUT2D eigenvalue weighted by Gasteiger charge is 2.09. The quantitative estimate of drug-likeness (QED) is 0.747. The number of aliphatic hydroxyl groups is 1. The van der Waals surface area contributed by atoms with Crippen LogP contribution in [0.2, 0.25) is 0 Å². The molecule has 0 radical (unpaired) electrons. The van der Waals surface area contributed by atoms with Crippen molar-refractivity contribution in [2.24, 2.45) is 0 Å². The summed E-state index contributed by atoms with van der Waals surface area (Å²) in [6.45, 7) is 1.96. The largest absolute Gasteiger partial charge is 0.478 e. The first-order valence-corrected chi connectivity index (χ1v) is 5.21. The Kier molecular flexibility index (Phi) is 3.98. The number of hydrogen-bond donors (Lipinski definition) is 2. The fourth-order valence-corrected chi connectivity index (χ4v) is 1.97. The molecular weight excluding hydrogens is 200 g/mol. The van der Waals surface area contributed by atoms with Crippen LogP contribution >= 0.6 is 11.8 Å². The van der Waals surface area contributed by atoms with Crippen LogP contribution in [0.15, 0.2) is 23.1 Å². The molecule has 0 aliphatic carbocycles. The Morgan fingerprint density at radius 1 is 1.50 bits per heavy atom. The second-order valence-electron chi connectivity index (χ2n) is 2.88. The van der Waals surface area contributed by atoms with E-state index in [4.69, 9.17) is 10.2 Å². The monoisotopic (exact) mass is 212 g/mol. The lowest BCUT2D eigenvalue weighted by Crippen LogP contribution is -2.00. The van der Waals surface area contributed by atoms with E-state index in [-0.39, 0.29) is 6.61 Å². The molecule has 0 heterocycles. The van der Waals surface area contributed by atoms with Crippen LogP contribution in [0.25, 0.3) is 0 Å². The molecule has 1 aromatic carbocycles. The molecular formula is C10H12O3S. The Morgan fingerprint density at radius 2 is 2.21 bits per heavy atom. The molecule has 0 spiro atoms. The number of carboxylic acids is 1. The fraction of sp³-hybridized carbons (Fsp3) is 0.300. The SMILES string of the molecule is Cc1ccc(C(=O)O)c(SCCO)c1. The second-order valence-corrected chi connectivity index (χ2v) is 4.01. The first-order chi connectivity index (χ1) is 6.65. The Balaban J connectivity index is 2.97. The summed E-state index contributed by atoms with van der Waals surface area (Å²) in [7, 11) is 0. The molecule has 3 nitrogen and oxygen atoms in total. The highest BCUT2D eigenvalue weighted by atomic mass is 32.2. The van der Waals surface area contributed by atoms with Crippen molar-refractivity contribution in [3.63, 3.8) is 0 Å². The molecule has 0 aliphatic heterocycles. The number of carbonyl (C=O) groups is 1. The van der Waals surface area contributed by atoms with Crippen LogP contribution in [0.3, 0.4) is 0 Å². The molecule has 0 aliphatic rings. The van der Waals surface area contributed by atoms with Crippen LogP contribution in [0.1, 0.15) is 15.9 Å². The summed E-state index contributed by atoms with van der Waals surface area (Å²) in [5.74, 6) is -0.408. The number of carboxylic acid groups (broad SMARTS) is 1. The predicted molar refractivity (Wildman–Crippen MR) is 55.9 cm³/mol. The smallest absolute Gasteiger partial charge is 0.336 e. The van der Waals surface area contributed by atoms with Gasteiger partial charge < -0.3 is 10.2 Å². The van der Waals surface area contributed by atoms with Gasteiger partial charge in [-0.05, 0) is 24.6 Å². The molecule has 0 bridgehead atoms. The minimum atomic E-state index is -0.926. The summed E-state index contributed by atoms with van der Waals surface area (Å²) in [5, 5.41) is 17.5. The zero-order chi connectivity index (χ0) is 10.6. The predicted octanol–water partition coefficient (Wildman–Crippen LogP) is 1.78. The Morgan fingerprint density at radius 3 is 2.79 bits per heavy atom. The number of benzene rings is 1. The van der Waals surface area contributed by atoms with Gasteiger partial charge in [0.25, 0.3) is 0 Å². The summed E-state index contributed by atoms with van der Waals surface area (Å²) >= 11 is 1.36. The Bertz CT molecular complexity index is 336. The standard InChI is InChI=1S/C10H12O3S/c1-7-2-3-8(10(12)13)9(6-7)14-5-4-11/h2-3,6,11H,4-5H2,1H3,(H,12,13). The van der Waals surface area contributed by atoms with Crippen LogP contribution in [0.5, 0.6) is 0 Å². The van der Waals surface area contributed by atoms with Crippen molar-refractivity contribution in [3.8, 4) is 0 Å². The summed E-state index contributed by atoms with van der Waals surface area (Å²) in [5.41, 5.74) is 1.32. The first-order valence-electron chi connectivity index (χ1n) is 4.22. The lowest BCUT2D eigenvalue weighted by molar-refractivity contribution is 0.0693. The molecule has 0 saturated carbocycles. The summed E-state index contributed by atoms with van der Waals surface area (Å²) in [4.78, 5) is 11.5. The van der Waals surface area contributed by atoms with Crippen LogP contribution in [0, 0.1) is 6.92 Å². The third-order valence-corrected chi connectivity index (χ3v) is 2.75. The maximum Gasteiger partial charge on any atom is 0.336 e. The summed E-state index contributed by atoms with van der Waals surface area (Å²) in [6.07, 6.45) is 0. The van der Waals surface area contributed by atoms with E-state index in [1.54, 1.807) is 12.1 Å². The lowest BCUT2D eigenvalue weighted by Gasteiger charge is -2.05. The second kappa shape index (κ2) is 5.02. The average Bonchev–Trinajstić information content (AvgIpc) is 2.14. The Hall–Kier alpha value is -1.00. The van der Waals surface area contributed by atoms with Crippen molar-refractivity contribution in [1.82, 2.24) is 0 Å². The maximum atomic E-state index is 10.8. The van der Waals surface area contributed by atoms with Crippen molar-refractivity contribution < 1.29 is 15.0 Å². The first kappa shape index (κ1) is 11.1. The third kappa shape index (κ3) is 2.75. The number of thioether (sulfide) groups is 1. The summed E-state index contributed by atoms with van der Waals surface area (Å²) in [6, 6.07) is 5.19. The minimum absolute atomic E-state index is 0.0532. The van der Waals surface area contributed by atoms with Crippen LogP contribution in [-0.2, 0) is 0 Å². The zero-order valence-electron chi connectivity index (χ0n) is 7.86. The van der Waals surface area contributed by atoms with Crippen molar-refractivity contribution in [1.29, 1.82) is 0 Å². The van der Waals surface area contributed by atoms with Crippen LogP contribution < -0.4 is 0 Å². The van der Waals surface area contributed by atoms with Gasteiger partial charge in [-0.1, -0.05) is 6.07 Å². The molecule has 0 saturated heterocycles. The zero-order valence-corrected chi connectivity index (χ0v) is 8.67. The van der Waals surface area contributed by atoms with Gasteiger partial charge in [-0.3, -0.25) is 0 Å². The minimum Gasteiger partial charge on any atom is -0.478 e. The van der Waals surface area contributed by atoms with Gasteiger partial charge in [0.05, 0.1) is 12.2 Å². The van der Waals surface area contributed by atoms with Crippen molar-refractivity contribution in [2.45, 2.75) is 11.8 Å². The van der Waals surface area contributed by atoms with E-state index < -0.39 is 5.97 Å². The van der Waals surface area contributed by atoms with E-state index in [2.05, 4.69) is 0 Å². The van der Waals surface area contributed by atoms with E-state index in [0.29, 0.717) is 16.2 Å². The number of hydrogen-bond acceptors (Lipinski definition) is 3. The van der Waals surface area contributed by atoms with Gasteiger partial charge in [-0.2, -0.15) is 0 Å². The number of aliphatic hydroxyl groups excluding tert-OH is 1. The normalized spacial score (nSPS) is 10.1. The van der Waals surface area contributed by atoms with E-state index in [1.807, 2.05) is 13.0 Å². The molecule has 0 atom stereocenters. The molecule has 0 fully saturated rings. The van der Waals surface area contributed by atoms with Gasteiger partial charge in [0.1, 0.15) is 0 Å².